The van der Waals surface area contributed by atoms with E-state index in [2.05, 4.69) is 30.2 Å². The van der Waals surface area contributed by atoms with Gasteiger partial charge in [-0.3, -0.25) is 0 Å². The van der Waals surface area contributed by atoms with Crippen LogP contribution in [-0.2, 0) is 6.42 Å². The zero-order valence-electron chi connectivity index (χ0n) is 8.97. The maximum absolute atomic E-state index is 5.94. The van der Waals surface area contributed by atoms with E-state index >= 15 is 0 Å². The summed E-state index contributed by atoms with van der Waals surface area (Å²) in [5.41, 5.74) is 5.94. The Kier molecular flexibility index (Phi) is 4.41. The highest BCUT2D eigenvalue weighted by atomic mass is 32.2. The first kappa shape index (κ1) is 11.5. The summed E-state index contributed by atoms with van der Waals surface area (Å²) in [5.74, 6) is 1.95. The Morgan fingerprint density at radius 1 is 1.57 bits per heavy atom. The molecule has 1 aromatic rings. The Balaban J connectivity index is 2.61. The van der Waals surface area contributed by atoms with Crippen LogP contribution >= 0.6 is 11.8 Å². The summed E-state index contributed by atoms with van der Waals surface area (Å²) in [4.78, 5) is 4.22. The van der Waals surface area contributed by atoms with Crippen LogP contribution in [0.5, 0.6) is 0 Å². The lowest BCUT2D eigenvalue weighted by molar-refractivity contribution is 0.496. The fourth-order valence-electron chi connectivity index (χ4n) is 1.36. The van der Waals surface area contributed by atoms with Gasteiger partial charge in [0.1, 0.15) is 12.2 Å². The summed E-state index contributed by atoms with van der Waals surface area (Å²) >= 11 is 1.76. The zero-order chi connectivity index (χ0) is 10.6. The van der Waals surface area contributed by atoms with Crippen LogP contribution in [-0.4, -0.2) is 32.8 Å². The maximum Gasteiger partial charge on any atom is 0.138 e. The molecule has 1 heterocycles. The van der Waals surface area contributed by atoms with Gasteiger partial charge < -0.3 is 5.73 Å². The van der Waals surface area contributed by atoms with Crippen molar-refractivity contribution in [3.63, 3.8) is 0 Å². The molecule has 0 aliphatic heterocycles. The van der Waals surface area contributed by atoms with Gasteiger partial charge in [0.05, 0.1) is 0 Å². The van der Waals surface area contributed by atoms with Crippen LogP contribution in [0.25, 0.3) is 0 Å². The zero-order valence-corrected chi connectivity index (χ0v) is 9.79. The minimum atomic E-state index is 0.173. The van der Waals surface area contributed by atoms with E-state index in [1.165, 1.54) is 0 Å². The highest BCUT2D eigenvalue weighted by Crippen LogP contribution is 2.08. The third kappa shape index (κ3) is 2.99. The van der Waals surface area contributed by atoms with Crippen LogP contribution in [0.15, 0.2) is 6.33 Å². The van der Waals surface area contributed by atoms with Crippen molar-refractivity contribution in [3.8, 4) is 0 Å². The van der Waals surface area contributed by atoms with E-state index in [4.69, 9.17) is 5.73 Å². The van der Waals surface area contributed by atoms with Gasteiger partial charge in [-0.2, -0.15) is 16.9 Å². The molecule has 0 saturated carbocycles. The molecule has 0 fully saturated rings. The third-order valence-corrected chi connectivity index (χ3v) is 2.72. The number of hydrogen-bond donors (Lipinski definition) is 1. The van der Waals surface area contributed by atoms with E-state index in [0.29, 0.717) is 6.04 Å². The molecular formula is C9H18N4S. The van der Waals surface area contributed by atoms with E-state index in [-0.39, 0.29) is 6.04 Å². The van der Waals surface area contributed by atoms with Gasteiger partial charge in [-0.05, 0) is 20.1 Å². The number of aromatic nitrogens is 3. The summed E-state index contributed by atoms with van der Waals surface area (Å²) in [7, 11) is 0. The van der Waals surface area contributed by atoms with Crippen molar-refractivity contribution in [2.75, 3.05) is 12.0 Å². The monoisotopic (exact) mass is 214 g/mol. The molecule has 2 N–H and O–H groups in total. The standard InChI is InChI=1S/C9H18N4S/c1-7(2)13-9(11-6-12-13)4-8(10)5-14-3/h6-8H,4-5,10H2,1-3H3. The molecule has 80 valence electrons. The second-order valence-corrected chi connectivity index (χ2v) is 4.54. The Morgan fingerprint density at radius 3 is 2.86 bits per heavy atom. The SMILES string of the molecule is CSCC(N)Cc1ncnn1C(C)C. The van der Waals surface area contributed by atoms with Crippen LogP contribution < -0.4 is 5.73 Å². The molecule has 0 radical (unpaired) electrons. The Morgan fingerprint density at radius 2 is 2.29 bits per heavy atom. The summed E-state index contributed by atoms with van der Waals surface area (Å²) in [6.07, 6.45) is 4.47. The molecule has 1 atom stereocenters. The molecule has 5 heteroatoms. The fourth-order valence-corrected chi connectivity index (χ4v) is 1.91. The van der Waals surface area contributed by atoms with Crippen molar-refractivity contribution in [1.29, 1.82) is 0 Å². The number of nitrogens with two attached hydrogens (primary N) is 1. The van der Waals surface area contributed by atoms with Crippen LogP contribution in [0.1, 0.15) is 25.7 Å². The molecule has 1 rings (SSSR count). The Bertz CT molecular complexity index is 272. The molecular weight excluding hydrogens is 196 g/mol. The van der Waals surface area contributed by atoms with Gasteiger partial charge in [0.15, 0.2) is 0 Å². The van der Waals surface area contributed by atoms with E-state index in [0.717, 1.165) is 18.0 Å². The summed E-state index contributed by atoms with van der Waals surface area (Å²) < 4.78 is 1.93. The molecule has 4 nitrogen and oxygen atoms in total. The number of hydrogen-bond acceptors (Lipinski definition) is 4. The highest BCUT2D eigenvalue weighted by molar-refractivity contribution is 7.98. The average molecular weight is 214 g/mol. The van der Waals surface area contributed by atoms with E-state index in [1.807, 2.05) is 4.68 Å². The lowest BCUT2D eigenvalue weighted by atomic mass is 10.2. The molecule has 0 saturated heterocycles. The van der Waals surface area contributed by atoms with Crippen molar-refractivity contribution >= 4 is 11.8 Å². The minimum absolute atomic E-state index is 0.173. The van der Waals surface area contributed by atoms with Gasteiger partial charge in [0.25, 0.3) is 0 Å². The van der Waals surface area contributed by atoms with Crippen LogP contribution in [0.4, 0.5) is 0 Å². The summed E-state index contributed by atoms with van der Waals surface area (Å²) in [6, 6.07) is 0.528. The third-order valence-electron chi connectivity index (χ3n) is 1.96. The van der Waals surface area contributed by atoms with Gasteiger partial charge in [-0.25, -0.2) is 9.67 Å². The van der Waals surface area contributed by atoms with Gasteiger partial charge in [0.2, 0.25) is 0 Å². The number of rotatable bonds is 5. The molecule has 0 aromatic carbocycles. The minimum Gasteiger partial charge on any atom is -0.327 e. The van der Waals surface area contributed by atoms with Crippen LogP contribution in [0, 0.1) is 0 Å². The normalized spacial score (nSPS) is 13.5. The van der Waals surface area contributed by atoms with Crippen LogP contribution in [0.2, 0.25) is 0 Å². The lowest BCUT2D eigenvalue weighted by Gasteiger charge is -2.12. The second-order valence-electron chi connectivity index (χ2n) is 3.63. The number of nitrogens with zero attached hydrogens (tertiary/aromatic N) is 3. The molecule has 0 bridgehead atoms. The first-order valence-electron chi connectivity index (χ1n) is 4.78. The maximum atomic E-state index is 5.94. The van der Waals surface area contributed by atoms with E-state index in [1.54, 1.807) is 18.1 Å². The first-order chi connectivity index (χ1) is 6.65. The Hall–Kier alpha value is -0.550. The Labute approximate surface area is 89.3 Å². The largest absolute Gasteiger partial charge is 0.327 e. The molecule has 1 unspecified atom stereocenters. The van der Waals surface area contributed by atoms with Gasteiger partial charge in [0, 0.05) is 24.3 Å². The predicted molar refractivity (Wildman–Crippen MR) is 60.5 cm³/mol. The van der Waals surface area contributed by atoms with Crippen molar-refractivity contribution in [2.24, 2.45) is 5.73 Å². The highest BCUT2D eigenvalue weighted by Gasteiger charge is 2.11. The quantitative estimate of drug-likeness (QED) is 0.797. The van der Waals surface area contributed by atoms with E-state index < -0.39 is 0 Å². The summed E-state index contributed by atoms with van der Waals surface area (Å²) in [6.45, 7) is 4.19. The smallest absolute Gasteiger partial charge is 0.138 e. The van der Waals surface area contributed by atoms with Crippen LogP contribution in [0.3, 0.4) is 0 Å². The molecule has 1 aromatic heterocycles. The fraction of sp³-hybridized carbons (Fsp3) is 0.778. The average Bonchev–Trinajstić information content (AvgIpc) is 2.52. The van der Waals surface area contributed by atoms with Crippen molar-refractivity contribution < 1.29 is 0 Å². The lowest BCUT2D eigenvalue weighted by Crippen LogP contribution is -2.27. The molecule has 0 spiro atoms. The molecule has 14 heavy (non-hydrogen) atoms. The van der Waals surface area contributed by atoms with Crippen molar-refractivity contribution in [2.45, 2.75) is 32.4 Å². The second kappa shape index (κ2) is 5.36. The summed E-state index contributed by atoms with van der Waals surface area (Å²) in [5, 5.41) is 4.17. The predicted octanol–water partition coefficient (Wildman–Crippen LogP) is 1.09. The first-order valence-corrected chi connectivity index (χ1v) is 6.17. The van der Waals surface area contributed by atoms with Gasteiger partial charge >= 0.3 is 0 Å². The molecule has 0 aliphatic carbocycles. The van der Waals surface area contributed by atoms with Gasteiger partial charge in [-0.1, -0.05) is 0 Å². The topological polar surface area (TPSA) is 56.7 Å². The molecule has 0 aliphatic rings. The van der Waals surface area contributed by atoms with Gasteiger partial charge in [-0.15, -0.1) is 0 Å². The van der Waals surface area contributed by atoms with Crippen molar-refractivity contribution in [3.05, 3.63) is 12.2 Å². The van der Waals surface area contributed by atoms with E-state index in [9.17, 15) is 0 Å². The molecule has 0 amide bonds. The number of thioether (sulfide) groups is 1. The van der Waals surface area contributed by atoms with Crippen molar-refractivity contribution in [1.82, 2.24) is 14.8 Å².